The molecule has 2 aromatic heterocycles. The van der Waals surface area contributed by atoms with Gasteiger partial charge in [-0.25, -0.2) is 4.98 Å². The fraction of sp³-hybridized carbons (Fsp3) is 0.368. The predicted molar refractivity (Wildman–Crippen MR) is 105 cm³/mol. The number of aromatic nitrogens is 3. The Balaban J connectivity index is 1.87. The lowest BCUT2D eigenvalue weighted by atomic mass is 10.3. The topological polar surface area (TPSA) is 69.1 Å². The van der Waals surface area contributed by atoms with Gasteiger partial charge >= 0.3 is 6.18 Å². The van der Waals surface area contributed by atoms with Crippen LogP contribution in [0.4, 0.5) is 13.2 Å². The summed E-state index contributed by atoms with van der Waals surface area (Å²) in [6, 6.07) is 7.53. The van der Waals surface area contributed by atoms with Crippen LogP contribution in [-0.4, -0.2) is 46.3 Å². The third kappa shape index (κ3) is 5.54. The molecule has 156 valence electrons. The zero-order valence-electron chi connectivity index (χ0n) is 15.7. The van der Waals surface area contributed by atoms with Gasteiger partial charge in [-0.3, -0.25) is 9.36 Å². The Kier molecular flexibility index (Phi) is 6.86. The Morgan fingerprint density at radius 2 is 1.97 bits per heavy atom. The largest absolute Gasteiger partial charge is 0.484 e. The number of rotatable bonds is 9. The van der Waals surface area contributed by atoms with Crippen molar-refractivity contribution in [3.63, 3.8) is 0 Å². The van der Waals surface area contributed by atoms with Crippen LogP contribution in [0.15, 0.2) is 46.5 Å². The first kappa shape index (κ1) is 21.3. The highest BCUT2D eigenvalue weighted by molar-refractivity contribution is 7.99. The molecule has 0 atom stereocenters. The molecule has 1 aromatic carbocycles. The smallest absolute Gasteiger partial charge is 0.422 e. The number of benzene rings is 1. The van der Waals surface area contributed by atoms with Gasteiger partial charge in [0.15, 0.2) is 11.8 Å². The van der Waals surface area contributed by atoms with E-state index in [0.29, 0.717) is 40.8 Å². The maximum atomic E-state index is 13.0. The number of halogens is 3. The summed E-state index contributed by atoms with van der Waals surface area (Å²) in [7, 11) is 0. The third-order valence-electron chi connectivity index (χ3n) is 3.92. The number of nitrogens with one attached hydrogen (secondary N) is 1. The molecule has 0 bridgehead atoms. The Labute approximate surface area is 169 Å². The van der Waals surface area contributed by atoms with E-state index in [1.807, 2.05) is 6.92 Å². The number of hydrogen-bond acceptors (Lipinski definition) is 5. The van der Waals surface area contributed by atoms with Gasteiger partial charge in [0.2, 0.25) is 0 Å². The molecule has 0 saturated carbocycles. The van der Waals surface area contributed by atoms with Gasteiger partial charge < -0.3 is 14.5 Å². The average Bonchev–Trinajstić information content (AvgIpc) is 3.15. The van der Waals surface area contributed by atoms with E-state index in [1.165, 1.54) is 40.6 Å². The van der Waals surface area contributed by atoms with Gasteiger partial charge in [0.1, 0.15) is 11.4 Å². The van der Waals surface area contributed by atoms with Crippen molar-refractivity contribution in [3.8, 4) is 11.4 Å². The number of aromatic amines is 1. The molecule has 1 N–H and O–H groups in total. The first-order chi connectivity index (χ1) is 13.9. The van der Waals surface area contributed by atoms with Crippen molar-refractivity contribution >= 4 is 22.8 Å². The summed E-state index contributed by atoms with van der Waals surface area (Å²) in [5.41, 5.74) is 0.730. The number of alkyl halides is 3. The van der Waals surface area contributed by atoms with E-state index in [9.17, 15) is 18.0 Å². The lowest BCUT2D eigenvalue weighted by molar-refractivity contribution is -0.153. The standard InChI is InChI=1S/C19H20F3N3O3S/c1-2-27-10-3-11-29-18-24-16-15(8-9-23-16)17(26)25(18)13-4-6-14(7-5-13)28-12-19(20,21)22/h4-9,23H,2-3,10-12H2,1H3. The van der Waals surface area contributed by atoms with Crippen LogP contribution in [0.5, 0.6) is 5.75 Å². The van der Waals surface area contributed by atoms with Crippen molar-refractivity contribution in [2.75, 3.05) is 25.6 Å². The first-order valence-corrected chi connectivity index (χ1v) is 9.98. The van der Waals surface area contributed by atoms with Gasteiger partial charge in [-0.1, -0.05) is 11.8 Å². The van der Waals surface area contributed by atoms with E-state index in [0.717, 1.165) is 6.42 Å². The highest BCUT2D eigenvalue weighted by Gasteiger charge is 2.28. The summed E-state index contributed by atoms with van der Waals surface area (Å²) in [5, 5.41) is 0.923. The molecule has 0 unspecified atom stereocenters. The molecule has 0 radical (unpaired) electrons. The van der Waals surface area contributed by atoms with Crippen molar-refractivity contribution in [1.29, 1.82) is 0 Å². The predicted octanol–water partition coefficient (Wildman–Crippen LogP) is 4.17. The summed E-state index contributed by atoms with van der Waals surface area (Å²) in [4.78, 5) is 20.4. The number of ether oxygens (including phenoxy) is 2. The Bertz CT molecular complexity index is 1000. The summed E-state index contributed by atoms with van der Waals surface area (Å²) in [6.07, 6.45) is -1.98. The molecule has 6 nitrogen and oxygen atoms in total. The third-order valence-corrected chi connectivity index (χ3v) is 4.95. The molecule has 3 rings (SSSR count). The van der Waals surface area contributed by atoms with Crippen molar-refractivity contribution in [2.45, 2.75) is 24.7 Å². The van der Waals surface area contributed by atoms with Crippen molar-refractivity contribution < 1.29 is 22.6 Å². The summed E-state index contributed by atoms with van der Waals surface area (Å²) in [6.45, 7) is 1.81. The molecule has 0 saturated heterocycles. The molecule has 0 aliphatic rings. The van der Waals surface area contributed by atoms with Crippen LogP contribution in [0.2, 0.25) is 0 Å². The molecular weight excluding hydrogens is 407 g/mol. The van der Waals surface area contributed by atoms with Crippen molar-refractivity contribution in [1.82, 2.24) is 14.5 Å². The molecule has 0 spiro atoms. The number of nitrogens with zero attached hydrogens (tertiary/aromatic N) is 2. The summed E-state index contributed by atoms with van der Waals surface area (Å²) >= 11 is 1.41. The van der Waals surface area contributed by atoms with Gasteiger partial charge in [0.05, 0.1) is 11.1 Å². The van der Waals surface area contributed by atoms with Crippen LogP contribution in [0.25, 0.3) is 16.7 Å². The molecule has 0 aliphatic carbocycles. The van der Waals surface area contributed by atoms with Crippen LogP contribution >= 0.6 is 11.8 Å². The maximum Gasteiger partial charge on any atom is 0.422 e. The fourth-order valence-corrected chi connectivity index (χ4v) is 3.55. The second kappa shape index (κ2) is 9.36. The molecule has 0 aliphatic heterocycles. The van der Waals surface area contributed by atoms with E-state index in [4.69, 9.17) is 9.47 Å². The molecule has 2 heterocycles. The maximum absolute atomic E-state index is 13.0. The summed E-state index contributed by atoms with van der Waals surface area (Å²) < 4.78 is 48.4. The zero-order valence-corrected chi connectivity index (χ0v) is 16.5. The van der Waals surface area contributed by atoms with E-state index < -0.39 is 12.8 Å². The van der Waals surface area contributed by atoms with E-state index in [-0.39, 0.29) is 11.3 Å². The van der Waals surface area contributed by atoms with Gasteiger partial charge in [-0.15, -0.1) is 0 Å². The van der Waals surface area contributed by atoms with Gasteiger partial charge in [-0.2, -0.15) is 13.2 Å². The lowest BCUT2D eigenvalue weighted by Gasteiger charge is -2.13. The Morgan fingerprint density at radius 1 is 1.21 bits per heavy atom. The molecular formula is C19H20F3N3O3S. The number of fused-ring (bicyclic) bond motifs is 1. The number of hydrogen-bond donors (Lipinski definition) is 1. The van der Waals surface area contributed by atoms with Crippen LogP contribution in [0, 0.1) is 0 Å². The fourth-order valence-electron chi connectivity index (χ4n) is 2.63. The van der Waals surface area contributed by atoms with Gasteiger partial charge in [0.25, 0.3) is 5.56 Å². The average molecular weight is 427 g/mol. The highest BCUT2D eigenvalue weighted by atomic mass is 32.2. The second-order valence-corrected chi connectivity index (χ2v) is 7.13. The second-order valence-electron chi connectivity index (χ2n) is 6.07. The first-order valence-electron chi connectivity index (χ1n) is 8.99. The zero-order chi connectivity index (χ0) is 20.9. The molecule has 3 aromatic rings. The molecule has 0 fully saturated rings. The van der Waals surface area contributed by atoms with E-state index >= 15 is 0 Å². The summed E-state index contributed by atoms with van der Waals surface area (Å²) in [5.74, 6) is 0.770. The minimum atomic E-state index is -4.41. The number of thioether (sulfide) groups is 1. The Morgan fingerprint density at radius 3 is 2.66 bits per heavy atom. The monoisotopic (exact) mass is 427 g/mol. The lowest BCUT2D eigenvalue weighted by Crippen LogP contribution is -2.21. The van der Waals surface area contributed by atoms with Gasteiger partial charge in [-0.05, 0) is 43.7 Å². The normalized spacial score (nSPS) is 11.9. The van der Waals surface area contributed by atoms with Gasteiger partial charge in [0, 0.05) is 25.2 Å². The molecule has 29 heavy (non-hydrogen) atoms. The minimum absolute atomic E-state index is 0.0701. The van der Waals surface area contributed by atoms with Crippen molar-refractivity contribution in [3.05, 3.63) is 46.9 Å². The van der Waals surface area contributed by atoms with Crippen LogP contribution in [-0.2, 0) is 4.74 Å². The van der Waals surface area contributed by atoms with Crippen LogP contribution < -0.4 is 10.3 Å². The Hall–Kier alpha value is -2.46. The van der Waals surface area contributed by atoms with Crippen molar-refractivity contribution in [2.24, 2.45) is 0 Å². The van der Waals surface area contributed by atoms with Crippen LogP contribution in [0.1, 0.15) is 13.3 Å². The SMILES string of the molecule is CCOCCCSc1nc2[nH]ccc2c(=O)n1-c1ccc(OCC(F)(F)F)cc1. The van der Waals surface area contributed by atoms with E-state index in [2.05, 4.69) is 9.97 Å². The highest BCUT2D eigenvalue weighted by Crippen LogP contribution is 2.24. The quantitative estimate of drug-likeness (QED) is 0.315. The minimum Gasteiger partial charge on any atom is -0.484 e. The molecule has 10 heteroatoms. The molecule has 0 amide bonds. The number of H-pyrrole nitrogens is 1. The van der Waals surface area contributed by atoms with E-state index in [1.54, 1.807) is 12.3 Å². The van der Waals surface area contributed by atoms with Crippen LogP contribution in [0.3, 0.4) is 0 Å².